The van der Waals surface area contributed by atoms with Crippen molar-refractivity contribution in [3.05, 3.63) is 12.4 Å². The lowest BCUT2D eigenvalue weighted by Gasteiger charge is -1.96. The molecule has 1 aliphatic rings. The number of rotatable bonds is 3. The third-order valence-corrected chi connectivity index (χ3v) is 2.50. The molecule has 0 saturated heterocycles. The number of hydrogen-bond acceptors (Lipinski definition) is 3. The fourth-order valence-electron chi connectivity index (χ4n) is 0.983. The van der Waals surface area contributed by atoms with E-state index in [0.717, 1.165) is 5.69 Å². The van der Waals surface area contributed by atoms with Crippen LogP contribution in [0.3, 0.4) is 0 Å². The number of nitrogens with zero attached hydrogens (tertiary/aromatic N) is 2. The van der Waals surface area contributed by atoms with Gasteiger partial charge in [0.25, 0.3) is 0 Å². The Kier molecular flexibility index (Phi) is 1.88. The maximum Gasteiger partial charge on any atom is 0.136 e. The van der Waals surface area contributed by atoms with Crippen LogP contribution < -0.4 is 5.32 Å². The molecule has 1 aromatic rings. The normalized spacial score (nSPS) is 19.1. The fourth-order valence-corrected chi connectivity index (χ4v) is 1.43. The summed E-state index contributed by atoms with van der Waals surface area (Å²) < 4.78 is 12.4. The Balaban J connectivity index is 2.06. The molecule has 0 bridgehead atoms. The molecule has 2 rings (SSSR count). The molecule has 0 spiro atoms. The summed E-state index contributed by atoms with van der Waals surface area (Å²) in [5.74, 6) is 0. The summed E-state index contributed by atoms with van der Waals surface area (Å²) in [5.41, 5.74) is 0.965. The molecule has 66 valence electrons. The van der Waals surface area contributed by atoms with E-state index in [2.05, 4.69) is 10.4 Å². The Hall–Kier alpha value is -0.840. The van der Waals surface area contributed by atoms with Crippen LogP contribution in [0.25, 0.3) is 0 Å². The Morgan fingerprint density at radius 1 is 1.75 bits per heavy atom. The lowest BCUT2D eigenvalue weighted by Crippen LogP contribution is -2.02. The van der Waals surface area contributed by atoms with Crippen LogP contribution >= 0.6 is 0 Å². The van der Waals surface area contributed by atoms with Gasteiger partial charge in [0.05, 0.1) is 18.1 Å². The average molecular weight is 185 g/mol. The Morgan fingerprint density at radius 3 is 3.00 bits per heavy atom. The van der Waals surface area contributed by atoms with Crippen molar-refractivity contribution < 1.29 is 4.21 Å². The molecule has 1 aromatic heterocycles. The summed E-state index contributed by atoms with van der Waals surface area (Å²) in [6.07, 6.45) is 7.56. The second-order valence-electron chi connectivity index (χ2n) is 2.97. The monoisotopic (exact) mass is 185 g/mol. The minimum Gasteiger partial charge on any atom is -0.380 e. The van der Waals surface area contributed by atoms with Gasteiger partial charge in [0, 0.05) is 12.3 Å². The largest absolute Gasteiger partial charge is 0.380 e. The van der Waals surface area contributed by atoms with Gasteiger partial charge >= 0.3 is 0 Å². The minimum atomic E-state index is -1.04. The molecule has 1 N–H and O–H groups in total. The fraction of sp³-hybridized carbons (Fsp3) is 0.571. The number of anilines is 1. The van der Waals surface area contributed by atoms with Gasteiger partial charge in [-0.25, -0.2) is 4.21 Å². The molecule has 1 heterocycles. The molecular weight excluding hydrogens is 174 g/mol. The predicted molar refractivity (Wildman–Crippen MR) is 48.3 cm³/mol. The number of nitrogens with one attached hydrogen (secondary N) is 1. The van der Waals surface area contributed by atoms with Crippen LogP contribution in [0.15, 0.2) is 12.4 Å². The van der Waals surface area contributed by atoms with Gasteiger partial charge in [-0.2, -0.15) is 9.19 Å². The molecule has 0 radical (unpaired) electrons. The minimum absolute atomic E-state index is 0.618. The zero-order valence-corrected chi connectivity index (χ0v) is 7.67. The molecule has 0 amide bonds. The first-order valence-corrected chi connectivity index (χ1v) is 5.42. The van der Waals surface area contributed by atoms with Crippen LogP contribution in [0.5, 0.6) is 0 Å². The van der Waals surface area contributed by atoms with Gasteiger partial charge in [0.15, 0.2) is 0 Å². The van der Waals surface area contributed by atoms with Gasteiger partial charge in [0.2, 0.25) is 0 Å². The number of hydrogen-bond donors (Lipinski definition) is 1. The van der Waals surface area contributed by atoms with Crippen molar-refractivity contribution in [1.82, 2.24) is 9.19 Å². The maximum absolute atomic E-state index is 10.9. The van der Waals surface area contributed by atoms with E-state index in [1.54, 1.807) is 18.6 Å². The van der Waals surface area contributed by atoms with Crippen molar-refractivity contribution in [1.29, 1.82) is 0 Å². The van der Waals surface area contributed by atoms with Crippen LogP contribution in [0.1, 0.15) is 12.8 Å². The first-order chi connectivity index (χ1) is 5.75. The molecule has 1 aliphatic carbocycles. The molecule has 1 atom stereocenters. The van der Waals surface area contributed by atoms with E-state index < -0.39 is 11.0 Å². The Labute approximate surface area is 73.6 Å². The summed E-state index contributed by atoms with van der Waals surface area (Å²) >= 11 is 0. The SMILES string of the molecule is CS(=O)n1cc(NC2CC2)cn1. The smallest absolute Gasteiger partial charge is 0.136 e. The van der Waals surface area contributed by atoms with Crippen molar-refractivity contribution in [3.8, 4) is 0 Å². The standard InChI is InChI=1S/C7H11N3OS/c1-12(11)10-5-7(4-8-10)9-6-2-3-6/h4-6,9H,2-3H2,1H3. The summed E-state index contributed by atoms with van der Waals surface area (Å²) in [5, 5.41) is 7.22. The van der Waals surface area contributed by atoms with Crippen LogP contribution in [0, 0.1) is 0 Å². The second kappa shape index (κ2) is 2.90. The van der Waals surface area contributed by atoms with E-state index >= 15 is 0 Å². The van der Waals surface area contributed by atoms with Crippen molar-refractivity contribution in [2.75, 3.05) is 11.6 Å². The van der Waals surface area contributed by atoms with E-state index in [9.17, 15) is 4.21 Å². The molecule has 0 aliphatic heterocycles. The molecule has 1 unspecified atom stereocenters. The molecule has 0 aromatic carbocycles. The summed E-state index contributed by atoms with van der Waals surface area (Å²) in [6, 6.07) is 0.618. The van der Waals surface area contributed by atoms with Crippen LogP contribution in [0.4, 0.5) is 5.69 Å². The van der Waals surface area contributed by atoms with Gasteiger partial charge in [0.1, 0.15) is 11.0 Å². The summed E-state index contributed by atoms with van der Waals surface area (Å²) in [6.45, 7) is 0. The molecule has 4 nitrogen and oxygen atoms in total. The maximum atomic E-state index is 10.9. The molecular formula is C7H11N3OS. The first-order valence-electron chi connectivity index (χ1n) is 3.91. The third kappa shape index (κ3) is 1.66. The summed E-state index contributed by atoms with van der Waals surface area (Å²) in [7, 11) is -1.04. The third-order valence-electron chi connectivity index (χ3n) is 1.77. The van der Waals surface area contributed by atoms with E-state index in [1.807, 2.05) is 0 Å². The lowest BCUT2D eigenvalue weighted by molar-refractivity contribution is 0.675. The Morgan fingerprint density at radius 2 is 2.50 bits per heavy atom. The first kappa shape index (κ1) is 7.79. The van der Waals surface area contributed by atoms with Gasteiger partial charge in [-0.1, -0.05) is 0 Å². The van der Waals surface area contributed by atoms with Gasteiger partial charge < -0.3 is 5.32 Å². The molecule has 5 heteroatoms. The van der Waals surface area contributed by atoms with Crippen molar-refractivity contribution in [3.63, 3.8) is 0 Å². The molecule has 12 heavy (non-hydrogen) atoms. The van der Waals surface area contributed by atoms with Crippen LogP contribution in [-0.4, -0.2) is 25.7 Å². The highest BCUT2D eigenvalue weighted by Gasteiger charge is 2.21. The number of aromatic nitrogens is 2. The predicted octanol–water partition coefficient (Wildman–Crippen LogP) is 0.599. The summed E-state index contributed by atoms with van der Waals surface area (Å²) in [4.78, 5) is 0. The average Bonchev–Trinajstić information content (AvgIpc) is 2.66. The Bertz CT molecular complexity index is 305. The second-order valence-corrected chi connectivity index (χ2v) is 4.20. The van der Waals surface area contributed by atoms with Crippen LogP contribution in [-0.2, 0) is 11.0 Å². The van der Waals surface area contributed by atoms with Gasteiger partial charge in [-0.3, -0.25) is 0 Å². The zero-order chi connectivity index (χ0) is 8.55. The lowest BCUT2D eigenvalue weighted by atomic mass is 10.5. The van der Waals surface area contributed by atoms with Gasteiger partial charge in [-0.15, -0.1) is 0 Å². The van der Waals surface area contributed by atoms with E-state index in [0.29, 0.717) is 6.04 Å². The highest BCUT2D eigenvalue weighted by molar-refractivity contribution is 7.82. The molecule has 1 saturated carbocycles. The van der Waals surface area contributed by atoms with Crippen molar-refractivity contribution >= 4 is 16.7 Å². The van der Waals surface area contributed by atoms with Crippen molar-refractivity contribution in [2.24, 2.45) is 0 Å². The molecule has 1 fully saturated rings. The van der Waals surface area contributed by atoms with Crippen LogP contribution in [0.2, 0.25) is 0 Å². The van der Waals surface area contributed by atoms with E-state index in [-0.39, 0.29) is 0 Å². The van der Waals surface area contributed by atoms with Crippen molar-refractivity contribution in [2.45, 2.75) is 18.9 Å². The van der Waals surface area contributed by atoms with E-state index in [1.165, 1.54) is 16.9 Å². The van der Waals surface area contributed by atoms with Gasteiger partial charge in [-0.05, 0) is 12.8 Å². The van der Waals surface area contributed by atoms with E-state index in [4.69, 9.17) is 0 Å². The quantitative estimate of drug-likeness (QED) is 0.750. The zero-order valence-electron chi connectivity index (χ0n) is 6.86. The highest BCUT2D eigenvalue weighted by atomic mass is 32.2. The topological polar surface area (TPSA) is 46.9 Å². The highest BCUT2D eigenvalue weighted by Crippen LogP contribution is 2.24.